The van der Waals surface area contributed by atoms with Gasteiger partial charge in [0.1, 0.15) is 5.75 Å². The Morgan fingerprint density at radius 1 is 1.29 bits per heavy atom. The zero-order valence-corrected chi connectivity index (χ0v) is 16.9. The van der Waals surface area contributed by atoms with Crippen molar-refractivity contribution in [2.75, 3.05) is 40.5 Å². The number of amides is 1. The first kappa shape index (κ1) is 20.5. The van der Waals surface area contributed by atoms with E-state index in [2.05, 4.69) is 20.5 Å². The second-order valence-electron chi connectivity index (χ2n) is 7.62. The largest absolute Gasteiger partial charge is 0.484 e. The number of nitrogens with zero attached hydrogens (tertiary/aromatic N) is 2. The third-order valence-electron chi connectivity index (χ3n) is 4.86. The predicted octanol–water partition coefficient (Wildman–Crippen LogP) is 1.78. The van der Waals surface area contributed by atoms with Crippen LogP contribution in [0.2, 0.25) is 0 Å². The van der Waals surface area contributed by atoms with E-state index in [4.69, 9.17) is 9.47 Å². The number of hydrogen-bond acceptors (Lipinski definition) is 4. The Bertz CT molecular complexity index is 671. The number of benzene rings is 1. The van der Waals surface area contributed by atoms with Gasteiger partial charge in [-0.15, -0.1) is 0 Å². The van der Waals surface area contributed by atoms with Crippen LogP contribution in [0.15, 0.2) is 29.3 Å². The van der Waals surface area contributed by atoms with Crippen LogP contribution in [-0.4, -0.2) is 63.3 Å². The molecule has 1 aromatic rings. The zero-order valence-electron chi connectivity index (χ0n) is 16.9. The molecule has 28 heavy (non-hydrogen) atoms. The van der Waals surface area contributed by atoms with Gasteiger partial charge in [0.15, 0.2) is 12.6 Å². The molecule has 0 bridgehead atoms. The Balaban J connectivity index is 1.38. The molecule has 0 heterocycles. The number of ether oxygens (including phenoxy) is 2. The second kappa shape index (κ2) is 10.3. The van der Waals surface area contributed by atoms with Crippen LogP contribution in [0.3, 0.4) is 0 Å². The minimum atomic E-state index is -0.0584. The molecule has 0 saturated heterocycles. The molecule has 1 aromatic carbocycles. The maximum Gasteiger partial charge on any atom is 0.258 e. The van der Waals surface area contributed by atoms with E-state index in [1.807, 2.05) is 31.3 Å². The van der Waals surface area contributed by atoms with Crippen LogP contribution in [-0.2, 0) is 16.1 Å². The number of nitrogens with one attached hydrogen (secondary N) is 2. The quantitative estimate of drug-likeness (QED) is 0.343. The lowest BCUT2D eigenvalue weighted by molar-refractivity contribution is -0.123. The van der Waals surface area contributed by atoms with E-state index in [0.717, 1.165) is 43.4 Å². The fraction of sp³-hybridized carbons (Fsp3) is 0.619. The Hall–Kier alpha value is -2.28. The van der Waals surface area contributed by atoms with Gasteiger partial charge in [0.05, 0.1) is 6.61 Å². The monoisotopic (exact) mass is 388 g/mol. The van der Waals surface area contributed by atoms with Crippen molar-refractivity contribution in [3.63, 3.8) is 0 Å². The Morgan fingerprint density at radius 2 is 2.11 bits per heavy atom. The smallest absolute Gasteiger partial charge is 0.258 e. The zero-order chi connectivity index (χ0) is 19.8. The average molecular weight is 389 g/mol. The third-order valence-corrected chi connectivity index (χ3v) is 4.86. The minimum absolute atomic E-state index is 0.0542. The van der Waals surface area contributed by atoms with E-state index in [1.54, 1.807) is 7.05 Å². The van der Waals surface area contributed by atoms with Gasteiger partial charge in [0.25, 0.3) is 5.91 Å². The second-order valence-corrected chi connectivity index (χ2v) is 7.62. The molecule has 0 radical (unpaired) electrons. The molecule has 7 heteroatoms. The van der Waals surface area contributed by atoms with E-state index in [9.17, 15) is 4.79 Å². The van der Waals surface area contributed by atoms with Crippen LogP contribution >= 0.6 is 0 Å². The molecule has 7 nitrogen and oxygen atoms in total. The van der Waals surface area contributed by atoms with Crippen LogP contribution in [0.1, 0.15) is 31.2 Å². The molecular weight excluding hydrogens is 356 g/mol. The molecule has 2 aliphatic carbocycles. The van der Waals surface area contributed by atoms with Crippen molar-refractivity contribution in [3.8, 4) is 5.75 Å². The highest BCUT2D eigenvalue weighted by molar-refractivity contribution is 5.79. The summed E-state index contributed by atoms with van der Waals surface area (Å²) in [5.74, 6) is 2.25. The first-order valence-electron chi connectivity index (χ1n) is 10.1. The van der Waals surface area contributed by atoms with E-state index in [-0.39, 0.29) is 12.5 Å². The molecule has 0 unspecified atom stereocenters. The molecule has 1 amide bonds. The summed E-state index contributed by atoms with van der Waals surface area (Å²) in [7, 11) is 3.79. The Kier molecular flexibility index (Phi) is 7.54. The van der Waals surface area contributed by atoms with Gasteiger partial charge in [-0.25, -0.2) is 0 Å². The van der Waals surface area contributed by atoms with E-state index >= 15 is 0 Å². The van der Waals surface area contributed by atoms with Crippen molar-refractivity contribution in [2.24, 2.45) is 10.9 Å². The van der Waals surface area contributed by atoms with Gasteiger partial charge in [-0.05, 0) is 49.3 Å². The predicted molar refractivity (Wildman–Crippen MR) is 109 cm³/mol. The van der Waals surface area contributed by atoms with Gasteiger partial charge in [0, 0.05) is 39.8 Å². The maximum atomic E-state index is 11.7. The molecular formula is C21H32N4O3. The van der Waals surface area contributed by atoms with E-state index in [0.29, 0.717) is 24.9 Å². The van der Waals surface area contributed by atoms with Crippen LogP contribution < -0.4 is 15.4 Å². The fourth-order valence-corrected chi connectivity index (χ4v) is 2.80. The summed E-state index contributed by atoms with van der Waals surface area (Å²) in [4.78, 5) is 18.2. The summed E-state index contributed by atoms with van der Waals surface area (Å²) in [6.07, 6.45) is 4.78. The number of hydrogen-bond donors (Lipinski definition) is 2. The highest BCUT2D eigenvalue weighted by atomic mass is 16.5. The van der Waals surface area contributed by atoms with Crippen molar-refractivity contribution in [2.45, 2.75) is 38.3 Å². The van der Waals surface area contributed by atoms with Gasteiger partial charge in [-0.3, -0.25) is 9.79 Å². The highest BCUT2D eigenvalue weighted by Crippen LogP contribution is 2.28. The van der Waals surface area contributed by atoms with E-state index in [1.165, 1.54) is 12.8 Å². The summed E-state index contributed by atoms with van der Waals surface area (Å²) in [5, 5.41) is 6.28. The summed E-state index contributed by atoms with van der Waals surface area (Å²) in [6, 6.07) is 8.13. The van der Waals surface area contributed by atoms with Crippen LogP contribution in [0.4, 0.5) is 0 Å². The normalized spacial score (nSPS) is 16.6. The minimum Gasteiger partial charge on any atom is -0.484 e. The van der Waals surface area contributed by atoms with Crippen LogP contribution in [0, 0.1) is 5.92 Å². The Labute approximate surface area is 167 Å². The standard InChI is InChI=1S/C21H32N4O3/c1-22-21(25(2)10-11-27-14-16-6-7-16)23-13-17-4-3-5-19(12-17)28-15-20(26)24-18-8-9-18/h3-5,12,16,18H,6-11,13-15H2,1-2H3,(H,22,23)(H,24,26). The van der Waals surface area contributed by atoms with Gasteiger partial charge in [0.2, 0.25) is 0 Å². The van der Waals surface area contributed by atoms with Gasteiger partial charge >= 0.3 is 0 Å². The number of likely N-dealkylation sites (N-methyl/N-ethyl adjacent to an activating group) is 1. The molecule has 0 aliphatic heterocycles. The summed E-state index contributed by atoms with van der Waals surface area (Å²) in [5.41, 5.74) is 1.07. The number of carbonyl (C=O) groups excluding carboxylic acids is 1. The van der Waals surface area contributed by atoms with Crippen LogP contribution in [0.5, 0.6) is 5.75 Å². The fourth-order valence-electron chi connectivity index (χ4n) is 2.80. The molecule has 0 aromatic heterocycles. The molecule has 2 saturated carbocycles. The number of guanidine groups is 1. The van der Waals surface area contributed by atoms with Crippen molar-refractivity contribution >= 4 is 11.9 Å². The summed E-state index contributed by atoms with van der Waals surface area (Å²) >= 11 is 0. The van der Waals surface area contributed by atoms with E-state index < -0.39 is 0 Å². The van der Waals surface area contributed by atoms with Crippen molar-refractivity contribution < 1.29 is 14.3 Å². The molecule has 2 N–H and O–H groups in total. The molecule has 2 aliphatic rings. The molecule has 3 rings (SSSR count). The topological polar surface area (TPSA) is 75.2 Å². The number of carbonyl (C=O) groups is 1. The third kappa shape index (κ3) is 7.38. The van der Waals surface area contributed by atoms with Gasteiger partial charge < -0.3 is 25.0 Å². The van der Waals surface area contributed by atoms with Crippen molar-refractivity contribution in [3.05, 3.63) is 29.8 Å². The van der Waals surface area contributed by atoms with Gasteiger partial charge in [-0.2, -0.15) is 0 Å². The molecule has 0 atom stereocenters. The van der Waals surface area contributed by atoms with Gasteiger partial charge in [-0.1, -0.05) is 12.1 Å². The molecule has 2 fully saturated rings. The first-order valence-corrected chi connectivity index (χ1v) is 10.1. The van der Waals surface area contributed by atoms with Crippen molar-refractivity contribution in [1.29, 1.82) is 0 Å². The van der Waals surface area contributed by atoms with Crippen LogP contribution in [0.25, 0.3) is 0 Å². The molecule has 0 spiro atoms. The Morgan fingerprint density at radius 3 is 2.82 bits per heavy atom. The highest BCUT2D eigenvalue weighted by Gasteiger charge is 2.23. The molecule has 154 valence electrons. The number of rotatable bonds is 11. The SMILES string of the molecule is CN=C(NCc1cccc(OCC(=O)NC2CC2)c1)N(C)CCOCC1CC1. The lowest BCUT2D eigenvalue weighted by Crippen LogP contribution is -2.40. The summed E-state index contributed by atoms with van der Waals surface area (Å²) < 4.78 is 11.3. The summed E-state index contributed by atoms with van der Waals surface area (Å²) in [6.45, 7) is 3.07. The lowest BCUT2D eigenvalue weighted by Gasteiger charge is -2.22. The first-order chi connectivity index (χ1) is 13.6. The number of aliphatic imine (C=N–C) groups is 1. The van der Waals surface area contributed by atoms with Crippen molar-refractivity contribution in [1.82, 2.24) is 15.5 Å². The average Bonchev–Trinajstić information content (AvgIpc) is 3.60. The lowest BCUT2D eigenvalue weighted by atomic mass is 10.2. The maximum absolute atomic E-state index is 11.7.